The molecule has 1 atom stereocenters. The van der Waals surface area contributed by atoms with Crippen LogP contribution in [0.15, 0.2) is 18.2 Å². The third-order valence-corrected chi connectivity index (χ3v) is 3.93. The van der Waals surface area contributed by atoms with Gasteiger partial charge in [0.05, 0.1) is 12.3 Å². The van der Waals surface area contributed by atoms with Gasteiger partial charge in [-0.15, -0.1) is 0 Å². The molecule has 2 heterocycles. The predicted octanol–water partition coefficient (Wildman–Crippen LogP) is 3.34. The second-order valence-corrected chi connectivity index (χ2v) is 6.00. The van der Waals surface area contributed by atoms with Crippen LogP contribution in [0.4, 0.5) is 5.69 Å². The van der Waals surface area contributed by atoms with E-state index in [-0.39, 0.29) is 12.0 Å². The molecule has 24 heavy (non-hydrogen) atoms. The molecule has 1 aliphatic rings. The summed E-state index contributed by atoms with van der Waals surface area (Å²) in [5.41, 5.74) is 3.04. The topological polar surface area (TPSA) is 76.2 Å². The first-order valence-corrected chi connectivity index (χ1v) is 8.42. The van der Waals surface area contributed by atoms with Crippen LogP contribution in [0, 0.1) is 0 Å². The molecular formula is C18H23N3O3. The summed E-state index contributed by atoms with van der Waals surface area (Å²) in [4.78, 5) is 12.5. The number of amides is 1. The van der Waals surface area contributed by atoms with Crippen molar-refractivity contribution in [1.29, 1.82) is 0 Å². The number of aromatic amines is 1. The Morgan fingerprint density at radius 1 is 1.42 bits per heavy atom. The number of hydrogen-bond acceptors (Lipinski definition) is 4. The maximum atomic E-state index is 12.5. The van der Waals surface area contributed by atoms with Crippen molar-refractivity contribution < 1.29 is 14.3 Å². The minimum atomic E-state index is -0.263. The molecule has 0 fully saturated rings. The van der Waals surface area contributed by atoms with Gasteiger partial charge in [0.1, 0.15) is 17.6 Å². The highest BCUT2D eigenvalue weighted by atomic mass is 16.5. The maximum Gasteiger partial charge on any atom is 0.276 e. The smallest absolute Gasteiger partial charge is 0.276 e. The van der Waals surface area contributed by atoms with Crippen LogP contribution >= 0.6 is 0 Å². The molecule has 1 unspecified atom stereocenters. The van der Waals surface area contributed by atoms with Crippen LogP contribution in [0.2, 0.25) is 0 Å². The monoisotopic (exact) mass is 329 g/mol. The lowest BCUT2D eigenvalue weighted by molar-refractivity contribution is 0.102. The standard InChI is InChI=1S/C18H23N3O3/c1-4-6-13-9-15(21-20-13)18(22)19-14-10-16-12(7-11(3)24-16)8-17(14)23-5-2/h8-11H,4-7H2,1-3H3,(H,19,22)(H,20,21). The molecule has 1 aromatic heterocycles. The number of aryl methyl sites for hydroxylation is 1. The van der Waals surface area contributed by atoms with Crippen molar-refractivity contribution in [2.24, 2.45) is 0 Å². The molecule has 1 aliphatic heterocycles. The van der Waals surface area contributed by atoms with Crippen LogP contribution in [-0.2, 0) is 12.8 Å². The first-order valence-electron chi connectivity index (χ1n) is 8.42. The average Bonchev–Trinajstić information content (AvgIpc) is 3.14. The second kappa shape index (κ2) is 6.95. The number of carbonyl (C=O) groups excluding carboxylic acids is 1. The molecule has 0 aliphatic carbocycles. The van der Waals surface area contributed by atoms with E-state index < -0.39 is 0 Å². The SMILES string of the molecule is CCCc1cc(C(=O)Nc2cc3c(cc2OCC)CC(C)O3)n[nH]1. The Balaban J connectivity index is 1.82. The molecule has 2 aromatic rings. The van der Waals surface area contributed by atoms with Gasteiger partial charge in [0.15, 0.2) is 5.69 Å². The summed E-state index contributed by atoms with van der Waals surface area (Å²) < 4.78 is 11.5. The van der Waals surface area contributed by atoms with Gasteiger partial charge in [0.2, 0.25) is 0 Å². The number of rotatable bonds is 6. The number of carbonyl (C=O) groups is 1. The van der Waals surface area contributed by atoms with E-state index in [1.165, 1.54) is 0 Å². The number of nitrogens with one attached hydrogen (secondary N) is 2. The van der Waals surface area contributed by atoms with E-state index in [1.807, 2.05) is 26.0 Å². The number of nitrogens with zero attached hydrogens (tertiary/aromatic N) is 1. The molecule has 0 saturated heterocycles. The fourth-order valence-corrected chi connectivity index (χ4v) is 2.87. The average molecular weight is 329 g/mol. The molecule has 0 radical (unpaired) electrons. The molecule has 1 aromatic carbocycles. The number of fused-ring (bicyclic) bond motifs is 1. The molecule has 128 valence electrons. The van der Waals surface area contributed by atoms with Gasteiger partial charge in [0, 0.05) is 23.7 Å². The number of anilines is 1. The fraction of sp³-hybridized carbons (Fsp3) is 0.444. The van der Waals surface area contributed by atoms with Crippen molar-refractivity contribution in [3.63, 3.8) is 0 Å². The van der Waals surface area contributed by atoms with Crippen LogP contribution in [0.5, 0.6) is 11.5 Å². The summed E-state index contributed by atoms with van der Waals surface area (Å²) in [5, 5.41) is 9.86. The third kappa shape index (κ3) is 3.37. The lowest BCUT2D eigenvalue weighted by Gasteiger charge is -2.13. The first-order chi connectivity index (χ1) is 11.6. The van der Waals surface area contributed by atoms with Gasteiger partial charge in [0.25, 0.3) is 5.91 Å². The summed E-state index contributed by atoms with van der Waals surface area (Å²) in [6.07, 6.45) is 2.86. The lowest BCUT2D eigenvalue weighted by atomic mass is 10.1. The zero-order valence-corrected chi connectivity index (χ0v) is 14.3. The maximum absolute atomic E-state index is 12.5. The third-order valence-electron chi connectivity index (χ3n) is 3.93. The highest BCUT2D eigenvalue weighted by molar-refractivity contribution is 6.04. The van der Waals surface area contributed by atoms with E-state index in [0.717, 1.165) is 36.3 Å². The number of ether oxygens (including phenoxy) is 2. The van der Waals surface area contributed by atoms with Crippen LogP contribution < -0.4 is 14.8 Å². The summed E-state index contributed by atoms with van der Waals surface area (Å²) in [5.74, 6) is 1.20. The number of benzene rings is 1. The van der Waals surface area contributed by atoms with E-state index in [0.29, 0.717) is 23.7 Å². The Morgan fingerprint density at radius 3 is 3.00 bits per heavy atom. The van der Waals surface area contributed by atoms with Crippen molar-refractivity contribution in [3.8, 4) is 11.5 Å². The van der Waals surface area contributed by atoms with Crippen LogP contribution in [0.25, 0.3) is 0 Å². The number of H-pyrrole nitrogens is 1. The molecular weight excluding hydrogens is 306 g/mol. The highest BCUT2D eigenvalue weighted by Gasteiger charge is 2.23. The molecule has 0 saturated carbocycles. The Morgan fingerprint density at radius 2 is 2.25 bits per heavy atom. The van der Waals surface area contributed by atoms with E-state index in [1.54, 1.807) is 6.07 Å². The second-order valence-electron chi connectivity index (χ2n) is 6.00. The molecule has 2 N–H and O–H groups in total. The van der Waals surface area contributed by atoms with Gasteiger partial charge in [-0.3, -0.25) is 9.89 Å². The molecule has 0 spiro atoms. The minimum absolute atomic E-state index is 0.142. The van der Waals surface area contributed by atoms with Gasteiger partial charge >= 0.3 is 0 Å². The van der Waals surface area contributed by atoms with Gasteiger partial charge in [-0.2, -0.15) is 5.10 Å². The van der Waals surface area contributed by atoms with Gasteiger partial charge in [-0.25, -0.2) is 0 Å². The molecule has 0 bridgehead atoms. The number of aromatic nitrogens is 2. The lowest BCUT2D eigenvalue weighted by Crippen LogP contribution is -2.13. The first kappa shape index (κ1) is 16.4. The zero-order chi connectivity index (χ0) is 17.1. The van der Waals surface area contributed by atoms with E-state index >= 15 is 0 Å². The van der Waals surface area contributed by atoms with E-state index in [9.17, 15) is 4.79 Å². The van der Waals surface area contributed by atoms with E-state index in [2.05, 4.69) is 22.4 Å². The Labute approximate surface area is 141 Å². The Hall–Kier alpha value is -2.50. The Kier molecular flexibility index (Phi) is 4.74. The quantitative estimate of drug-likeness (QED) is 0.852. The van der Waals surface area contributed by atoms with Crippen LogP contribution in [0.1, 0.15) is 48.9 Å². The highest BCUT2D eigenvalue weighted by Crippen LogP contribution is 2.38. The van der Waals surface area contributed by atoms with Crippen molar-refractivity contribution >= 4 is 11.6 Å². The normalized spacial score (nSPS) is 15.7. The van der Waals surface area contributed by atoms with Gasteiger partial charge < -0.3 is 14.8 Å². The van der Waals surface area contributed by atoms with Crippen molar-refractivity contribution in [1.82, 2.24) is 10.2 Å². The van der Waals surface area contributed by atoms with Gasteiger partial charge in [-0.05, 0) is 32.4 Å². The molecule has 6 nitrogen and oxygen atoms in total. The largest absolute Gasteiger partial charge is 0.492 e. The summed E-state index contributed by atoms with van der Waals surface area (Å²) >= 11 is 0. The molecule has 3 rings (SSSR count). The molecule has 6 heteroatoms. The zero-order valence-electron chi connectivity index (χ0n) is 14.3. The summed E-state index contributed by atoms with van der Waals surface area (Å²) in [7, 11) is 0. The summed E-state index contributed by atoms with van der Waals surface area (Å²) in [6, 6.07) is 5.57. The Bertz CT molecular complexity index is 739. The minimum Gasteiger partial charge on any atom is -0.492 e. The van der Waals surface area contributed by atoms with Crippen molar-refractivity contribution in [3.05, 3.63) is 35.2 Å². The van der Waals surface area contributed by atoms with Crippen molar-refractivity contribution in [2.75, 3.05) is 11.9 Å². The van der Waals surface area contributed by atoms with Crippen molar-refractivity contribution in [2.45, 2.75) is 46.1 Å². The van der Waals surface area contributed by atoms with E-state index in [4.69, 9.17) is 9.47 Å². The van der Waals surface area contributed by atoms with Crippen LogP contribution in [-0.4, -0.2) is 28.8 Å². The predicted molar refractivity (Wildman–Crippen MR) is 91.9 cm³/mol. The molecule has 1 amide bonds. The number of hydrogen-bond donors (Lipinski definition) is 2. The van der Waals surface area contributed by atoms with Gasteiger partial charge in [-0.1, -0.05) is 13.3 Å². The fourth-order valence-electron chi connectivity index (χ4n) is 2.87. The van der Waals surface area contributed by atoms with Crippen LogP contribution in [0.3, 0.4) is 0 Å². The summed E-state index contributed by atoms with van der Waals surface area (Å²) in [6.45, 7) is 6.56.